The minimum atomic E-state index is -1.33. The number of H-pyrrole nitrogens is 1. The van der Waals surface area contributed by atoms with Crippen LogP contribution in [0.25, 0.3) is 0 Å². The number of fused-ring (bicyclic) bond motifs is 1. The van der Waals surface area contributed by atoms with Crippen molar-refractivity contribution in [1.82, 2.24) is 25.1 Å². The molecule has 0 radical (unpaired) electrons. The number of rotatable bonds is 14. The van der Waals surface area contributed by atoms with Crippen molar-refractivity contribution >= 4 is 47.4 Å². The minimum Gasteiger partial charge on any atom is -0.481 e. The van der Waals surface area contributed by atoms with Gasteiger partial charge in [-0.2, -0.15) is 4.98 Å². The maximum Gasteiger partial charge on any atom is 0.326 e. The number of hydrogen-bond donors (Lipinski definition) is 9. The van der Waals surface area contributed by atoms with Gasteiger partial charge in [-0.25, -0.2) is 4.79 Å². The standard InChI is InChI=1S/C20H23N7O7.2C4H11NO/c21-20-25-16-15(18(32)26-20)27(9-28)12(8-23-16)7-22-11-3-1-10(2-4-11)17(31)24-13(19(33)34)5-6-14(29)30;2*1-5(2)3-4-6/h1-4,9,12-13,22H,5-8H2,(H,24,31)(H,29,30)(H,33,34)(H4,21,23,25,26,32);2*6H,3-4H2,1-2H3/t12-,13?;;/m0../s1. The molecule has 1 aliphatic heterocycles. The smallest absolute Gasteiger partial charge is 0.326 e. The molecule has 1 aromatic heterocycles. The van der Waals surface area contributed by atoms with Gasteiger partial charge < -0.3 is 56.8 Å². The number of anilines is 4. The number of nitrogens with one attached hydrogen (secondary N) is 4. The quantitative estimate of drug-likeness (QED) is 0.104. The second-order valence-electron chi connectivity index (χ2n) is 10.5. The molecule has 46 heavy (non-hydrogen) atoms. The van der Waals surface area contributed by atoms with Crippen molar-refractivity contribution in [3.63, 3.8) is 0 Å². The Morgan fingerprint density at radius 2 is 1.67 bits per heavy atom. The van der Waals surface area contributed by atoms with E-state index in [4.69, 9.17) is 21.1 Å². The Morgan fingerprint density at radius 3 is 2.13 bits per heavy atom. The van der Waals surface area contributed by atoms with Crippen LogP contribution in [0, 0.1) is 0 Å². The van der Waals surface area contributed by atoms with E-state index >= 15 is 0 Å². The average molecular weight is 652 g/mol. The van der Waals surface area contributed by atoms with Crippen molar-refractivity contribution in [2.75, 3.05) is 88.9 Å². The average Bonchev–Trinajstić information content (AvgIpc) is 2.98. The summed E-state index contributed by atoms with van der Waals surface area (Å²) >= 11 is 0. The van der Waals surface area contributed by atoms with Gasteiger partial charge in [-0.3, -0.25) is 24.2 Å². The number of hydrogen-bond acceptors (Lipinski definition) is 13. The maximum atomic E-state index is 12.3. The molecule has 2 amide bonds. The monoisotopic (exact) mass is 651 g/mol. The zero-order valence-electron chi connectivity index (χ0n) is 26.4. The summed E-state index contributed by atoms with van der Waals surface area (Å²) < 4.78 is 0. The molecule has 2 aromatic rings. The number of aromatic nitrogens is 2. The number of nitrogens with two attached hydrogens (primary N) is 1. The molecule has 1 unspecified atom stereocenters. The number of carboxylic acids is 2. The fourth-order valence-corrected chi connectivity index (χ4v) is 3.79. The second-order valence-corrected chi connectivity index (χ2v) is 10.5. The highest BCUT2D eigenvalue weighted by Crippen LogP contribution is 2.25. The Morgan fingerprint density at radius 1 is 1.09 bits per heavy atom. The van der Waals surface area contributed by atoms with Crippen molar-refractivity contribution < 1.29 is 39.6 Å². The van der Waals surface area contributed by atoms with Crippen LogP contribution in [-0.4, -0.2) is 144 Å². The highest BCUT2D eigenvalue weighted by Gasteiger charge is 2.30. The van der Waals surface area contributed by atoms with E-state index in [9.17, 15) is 29.1 Å². The first kappa shape index (κ1) is 39.2. The van der Waals surface area contributed by atoms with Gasteiger partial charge >= 0.3 is 11.9 Å². The summed E-state index contributed by atoms with van der Waals surface area (Å²) in [5.74, 6) is -3.00. The zero-order chi connectivity index (χ0) is 34.8. The molecule has 0 aliphatic carbocycles. The number of aliphatic hydroxyl groups is 2. The number of aliphatic hydroxyl groups excluding tert-OH is 2. The Kier molecular flexibility index (Phi) is 17.3. The number of carbonyl (C=O) groups is 4. The first-order valence-electron chi connectivity index (χ1n) is 14.2. The predicted molar refractivity (Wildman–Crippen MR) is 172 cm³/mol. The summed E-state index contributed by atoms with van der Waals surface area (Å²) in [5, 5.41) is 42.7. The van der Waals surface area contributed by atoms with Crippen molar-refractivity contribution in [3.05, 3.63) is 40.2 Å². The lowest BCUT2D eigenvalue weighted by atomic mass is 10.1. The molecule has 1 aliphatic rings. The van der Waals surface area contributed by atoms with Gasteiger partial charge in [0, 0.05) is 43.9 Å². The molecule has 0 fully saturated rings. The second kappa shape index (κ2) is 20.3. The summed E-state index contributed by atoms with van der Waals surface area (Å²) in [6, 6.07) is 4.36. The van der Waals surface area contributed by atoms with Crippen LogP contribution in [0.3, 0.4) is 0 Å². The molecular weight excluding hydrogens is 606 g/mol. The zero-order valence-corrected chi connectivity index (χ0v) is 26.4. The molecule has 0 saturated heterocycles. The molecule has 10 N–H and O–H groups in total. The summed E-state index contributed by atoms with van der Waals surface area (Å²) in [6.07, 6.45) is -0.101. The van der Waals surface area contributed by atoms with Crippen LogP contribution in [0.1, 0.15) is 23.2 Å². The van der Waals surface area contributed by atoms with Gasteiger partial charge in [0.25, 0.3) is 11.5 Å². The van der Waals surface area contributed by atoms with Crippen LogP contribution in [0.4, 0.5) is 23.1 Å². The number of nitrogen functional groups attached to an aromatic ring is 1. The fraction of sp³-hybridized carbons (Fsp3) is 0.500. The summed E-state index contributed by atoms with van der Waals surface area (Å²) in [4.78, 5) is 69.6. The largest absolute Gasteiger partial charge is 0.481 e. The Hall–Kier alpha value is -4.78. The van der Waals surface area contributed by atoms with E-state index < -0.39 is 41.9 Å². The van der Waals surface area contributed by atoms with Crippen LogP contribution < -0.4 is 32.1 Å². The molecule has 0 saturated carbocycles. The summed E-state index contributed by atoms with van der Waals surface area (Å²) in [6.45, 7) is 2.61. The third-order valence-electron chi connectivity index (χ3n) is 6.22. The molecule has 0 bridgehead atoms. The summed E-state index contributed by atoms with van der Waals surface area (Å²) in [7, 11) is 7.71. The Balaban J connectivity index is 0.000000747. The molecule has 1 aromatic carbocycles. The van der Waals surface area contributed by atoms with E-state index in [-0.39, 0.29) is 49.2 Å². The molecular formula is C28H45N9O9. The third-order valence-corrected chi connectivity index (χ3v) is 6.22. The molecule has 2 atom stereocenters. The topological polar surface area (TPSA) is 267 Å². The highest BCUT2D eigenvalue weighted by molar-refractivity contribution is 5.97. The van der Waals surface area contributed by atoms with E-state index in [1.165, 1.54) is 17.0 Å². The van der Waals surface area contributed by atoms with E-state index in [1.807, 2.05) is 38.0 Å². The van der Waals surface area contributed by atoms with Crippen LogP contribution >= 0.6 is 0 Å². The molecule has 0 spiro atoms. The third kappa shape index (κ3) is 13.9. The highest BCUT2D eigenvalue weighted by atomic mass is 16.4. The summed E-state index contributed by atoms with van der Waals surface area (Å²) in [5.41, 5.74) is 5.84. The van der Waals surface area contributed by atoms with Crippen molar-refractivity contribution in [3.8, 4) is 0 Å². The molecule has 3 rings (SSSR count). The lowest BCUT2D eigenvalue weighted by molar-refractivity contribution is -0.140. The predicted octanol–water partition coefficient (Wildman–Crippen LogP) is -1.65. The number of benzene rings is 1. The molecule has 18 heteroatoms. The van der Waals surface area contributed by atoms with Crippen molar-refractivity contribution in [1.29, 1.82) is 0 Å². The normalized spacial score (nSPS) is 14.0. The van der Waals surface area contributed by atoms with Gasteiger partial charge in [-0.15, -0.1) is 0 Å². The van der Waals surface area contributed by atoms with Gasteiger partial charge in [0.05, 0.1) is 19.3 Å². The number of aromatic amines is 1. The van der Waals surface area contributed by atoms with Crippen molar-refractivity contribution in [2.45, 2.75) is 24.9 Å². The van der Waals surface area contributed by atoms with E-state index in [2.05, 4.69) is 25.9 Å². The molecule has 256 valence electrons. The van der Waals surface area contributed by atoms with Gasteiger partial charge in [0.2, 0.25) is 12.4 Å². The Labute approximate surface area is 266 Å². The number of nitrogens with zero attached hydrogens (tertiary/aromatic N) is 4. The fourth-order valence-electron chi connectivity index (χ4n) is 3.79. The lowest BCUT2D eigenvalue weighted by Crippen LogP contribution is -2.50. The van der Waals surface area contributed by atoms with E-state index in [0.717, 1.165) is 13.1 Å². The number of carbonyl (C=O) groups excluding carboxylic acids is 2. The molecule has 18 nitrogen and oxygen atoms in total. The van der Waals surface area contributed by atoms with Crippen LogP contribution in [-0.2, 0) is 14.4 Å². The first-order chi connectivity index (χ1) is 21.7. The Bertz CT molecular complexity index is 1310. The van der Waals surface area contributed by atoms with Crippen LogP contribution in [0.2, 0.25) is 0 Å². The van der Waals surface area contributed by atoms with Gasteiger partial charge in [-0.05, 0) is 58.9 Å². The minimum absolute atomic E-state index is 0.0603. The lowest BCUT2D eigenvalue weighted by Gasteiger charge is -2.34. The maximum absolute atomic E-state index is 12.3. The van der Waals surface area contributed by atoms with Crippen LogP contribution in [0.5, 0.6) is 0 Å². The number of carboxylic acid groups (broad SMARTS) is 2. The van der Waals surface area contributed by atoms with Crippen molar-refractivity contribution in [2.24, 2.45) is 0 Å². The van der Waals surface area contributed by atoms with E-state index in [1.54, 1.807) is 12.1 Å². The van der Waals surface area contributed by atoms with Crippen LogP contribution in [0.15, 0.2) is 29.1 Å². The van der Waals surface area contributed by atoms with E-state index in [0.29, 0.717) is 18.6 Å². The van der Waals surface area contributed by atoms with Gasteiger partial charge in [-0.1, -0.05) is 0 Å². The number of likely N-dealkylation sites (N-methyl/N-ethyl adjacent to an activating group) is 2. The first-order valence-corrected chi connectivity index (χ1v) is 14.2. The van der Waals surface area contributed by atoms with Gasteiger partial charge in [0.1, 0.15) is 6.04 Å². The van der Waals surface area contributed by atoms with Gasteiger partial charge in [0.15, 0.2) is 11.5 Å². The SMILES string of the molecule is CN(C)CCO.CN(C)CCO.Nc1nc2c(c(=O)[nH]1)N(C=O)[C@@H](CNc1ccc(C(=O)NC(CCC(=O)O)C(=O)O)cc1)CN2. The number of aliphatic carboxylic acids is 2. The molecule has 2 heterocycles. The number of amides is 2.